The van der Waals surface area contributed by atoms with Gasteiger partial charge in [-0.3, -0.25) is 0 Å². The van der Waals surface area contributed by atoms with Gasteiger partial charge in [0.2, 0.25) is 0 Å². The fraction of sp³-hybridized carbons (Fsp3) is 0.333. The standard InChI is InChI=1S/C9H11F2NO/c1-5(13)9(12)6-2-7(10)4-8(11)3-6/h2-5,9,13H,12H2,1H3/t5-,9-/m0/s1. The van der Waals surface area contributed by atoms with Crippen molar-refractivity contribution in [3.63, 3.8) is 0 Å². The smallest absolute Gasteiger partial charge is 0.126 e. The Morgan fingerprint density at radius 2 is 1.69 bits per heavy atom. The summed E-state index contributed by atoms with van der Waals surface area (Å²) in [6.45, 7) is 1.47. The second-order valence-electron chi connectivity index (χ2n) is 2.97. The van der Waals surface area contributed by atoms with Crippen LogP contribution in [0.15, 0.2) is 18.2 Å². The predicted octanol–water partition coefficient (Wildman–Crippen LogP) is 1.35. The van der Waals surface area contributed by atoms with Gasteiger partial charge in [-0.05, 0) is 24.6 Å². The van der Waals surface area contributed by atoms with Gasteiger partial charge in [0.05, 0.1) is 12.1 Å². The molecule has 0 aromatic heterocycles. The van der Waals surface area contributed by atoms with E-state index in [1.807, 2.05) is 0 Å². The molecule has 3 N–H and O–H groups in total. The summed E-state index contributed by atoms with van der Waals surface area (Å²) < 4.78 is 25.3. The van der Waals surface area contributed by atoms with Crippen molar-refractivity contribution in [2.75, 3.05) is 0 Å². The van der Waals surface area contributed by atoms with Gasteiger partial charge in [-0.1, -0.05) is 0 Å². The first-order valence-electron chi connectivity index (χ1n) is 3.90. The highest BCUT2D eigenvalue weighted by atomic mass is 19.1. The number of halogens is 2. The molecule has 0 bridgehead atoms. The van der Waals surface area contributed by atoms with Crippen LogP contribution in [0.1, 0.15) is 18.5 Å². The molecule has 2 atom stereocenters. The molecule has 0 spiro atoms. The quantitative estimate of drug-likeness (QED) is 0.734. The van der Waals surface area contributed by atoms with Crippen LogP contribution >= 0.6 is 0 Å². The average Bonchev–Trinajstić information content (AvgIpc) is 2.01. The highest BCUT2D eigenvalue weighted by molar-refractivity contribution is 5.21. The van der Waals surface area contributed by atoms with Gasteiger partial charge in [0.15, 0.2) is 0 Å². The van der Waals surface area contributed by atoms with Crippen LogP contribution < -0.4 is 5.73 Å². The molecule has 0 heterocycles. The van der Waals surface area contributed by atoms with Gasteiger partial charge in [0, 0.05) is 6.07 Å². The van der Waals surface area contributed by atoms with Crippen LogP contribution in [0.2, 0.25) is 0 Å². The van der Waals surface area contributed by atoms with E-state index in [4.69, 9.17) is 10.8 Å². The molecule has 0 fully saturated rings. The third kappa shape index (κ3) is 2.47. The molecule has 1 aromatic rings. The minimum atomic E-state index is -0.832. The Bertz CT molecular complexity index is 281. The molecule has 4 heteroatoms. The zero-order valence-corrected chi connectivity index (χ0v) is 7.17. The predicted molar refractivity (Wildman–Crippen MR) is 45.0 cm³/mol. The van der Waals surface area contributed by atoms with Crippen LogP contribution in [0.5, 0.6) is 0 Å². The maximum atomic E-state index is 12.7. The normalized spacial score (nSPS) is 15.5. The fourth-order valence-corrected chi connectivity index (χ4v) is 1.05. The molecule has 0 amide bonds. The lowest BCUT2D eigenvalue weighted by Crippen LogP contribution is -2.23. The summed E-state index contributed by atoms with van der Waals surface area (Å²) in [6.07, 6.45) is -0.832. The maximum absolute atomic E-state index is 12.7. The third-order valence-corrected chi connectivity index (χ3v) is 1.79. The van der Waals surface area contributed by atoms with E-state index in [0.29, 0.717) is 0 Å². The Morgan fingerprint density at radius 3 is 2.08 bits per heavy atom. The highest BCUT2D eigenvalue weighted by Crippen LogP contribution is 2.16. The van der Waals surface area contributed by atoms with Crippen LogP contribution in [0.25, 0.3) is 0 Å². The van der Waals surface area contributed by atoms with Gasteiger partial charge >= 0.3 is 0 Å². The van der Waals surface area contributed by atoms with Crippen LogP contribution in [0.3, 0.4) is 0 Å². The SMILES string of the molecule is C[C@H](O)[C@H](N)c1cc(F)cc(F)c1. The van der Waals surface area contributed by atoms with Gasteiger partial charge in [0.1, 0.15) is 11.6 Å². The number of benzene rings is 1. The Labute approximate surface area is 75.0 Å². The summed E-state index contributed by atoms with van der Waals surface area (Å²) in [7, 11) is 0. The summed E-state index contributed by atoms with van der Waals surface area (Å²) in [5.74, 6) is -1.38. The molecule has 72 valence electrons. The average molecular weight is 187 g/mol. The summed E-state index contributed by atoms with van der Waals surface area (Å²) >= 11 is 0. The second kappa shape index (κ2) is 3.81. The molecule has 0 unspecified atom stereocenters. The van der Waals surface area contributed by atoms with Crippen molar-refractivity contribution in [2.45, 2.75) is 19.1 Å². The van der Waals surface area contributed by atoms with E-state index in [1.165, 1.54) is 6.92 Å². The van der Waals surface area contributed by atoms with Crippen molar-refractivity contribution in [1.29, 1.82) is 0 Å². The lowest BCUT2D eigenvalue weighted by molar-refractivity contribution is 0.164. The molecule has 0 aliphatic rings. The molecule has 2 nitrogen and oxygen atoms in total. The van der Waals surface area contributed by atoms with E-state index in [0.717, 1.165) is 18.2 Å². The Balaban J connectivity index is 3.01. The lowest BCUT2D eigenvalue weighted by Gasteiger charge is -2.14. The summed E-state index contributed by atoms with van der Waals surface area (Å²) in [4.78, 5) is 0. The van der Waals surface area contributed by atoms with E-state index in [-0.39, 0.29) is 5.56 Å². The van der Waals surface area contributed by atoms with Crippen LogP contribution in [-0.4, -0.2) is 11.2 Å². The Hall–Kier alpha value is -1.00. The van der Waals surface area contributed by atoms with Crippen LogP contribution in [-0.2, 0) is 0 Å². The van der Waals surface area contributed by atoms with E-state index in [2.05, 4.69) is 0 Å². The maximum Gasteiger partial charge on any atom is 0.126 e. The van der Waals surface area contributed by atoms with E-state index >= 15 is 0 Å². The molecule has 0 saturated carbocycles. The molecule has 13 heavy (non-hydrogen) atoms. The number of hydrogen-bond acceptors (Lipinski definition) is 2. The summed E-state index contributed by atoms with van der Waals surface area (Å²) in [5, 5.41) is 9.09. The van der Waals surface area contributed by atoms with Crippen molar-refractivity contribution in [2.24, 2.45) is 5.73 Å². The molecule has 0 radical (unpaired) electrons. The first kappa shape index (κ1) is 10.1. The molecular formula is C9H11F2NO. The first-order chi connectivity index (χ1) is 6.00. The highest BCUT2D eigenvalue weighted by Gasteiger charge is 2.13. The van der Waals surface area contributed by atoms with Crippen molar-refractivity contribution >= 4 is 0 Å². The zero-order chi connectivity index (χ0) is 10.0. The van der Waals surface area contributed by atoms with E-state index in [1.54, 1.807) is 0 Å². The minimum absolute atomic E-state index is 0.257. The van der Waals surface area contributed by atoms with Gasteiger partial charge in [-0.15, -0.1) is 0 Å². The molecule has 1 aromatic carbocycles. The Morgan fingerprint density at radius 1 is 1.23 bits per heavy atom. The second-order valence-corrected chi connectivity index (χ2v) is 2.97. The summed E-state index contributed by atoms with van der Waals surface area (Å²) in [5.41, 5.74) is 5.75. The topological polar surface area (TPSA) is 46.2 Å². The van der Waals surface area contributed by atoms with Gasteiger partial charge in [-0.2, -0.15) is 0 Å². The van der Waals surface area contributed by atoms with E-state index in [9.17, 15) is 8.78 Å². The first-order valence-corrected chi connectivity index (χ1v) is 3.90. The monoisotopic (exact) mass is 187 g/mol. The number of aliphatic hydroxyl groups excluding tert-OH is 1. The molecule has 1 rings (SSSR count). The number of nitrogens with two attached hydrogens (primary N) is 1. The zero-order valence-electron chi connectivity index (χ0n) is 7.17. The van der Waals surface area contributed by atoms with Crippen molar-refractivity contribution < 1.29 is 13.9 Å². The van der Waals surface area contributed by atoms with Gasteiger partial charge < -0.3 is 10.8 Å². The van der Waals surface area contributed by atoms with Crippen molar-refractivity contribution in [3.8, 4) is 0 Å². The van der Waals surface area contributed by atoms with Crippen LogP contribution in [0.4, 0.5) is 8.78 Å². The Kier molecular flexibility index (Phi) is 2.95. The fourth-order valence-electron chi connectivity index (χ4n) is 1.05. The number of rotatable bonds is 2. The van der Waals surface area contributed by atoms with E-state index < -0.39 is 23.8 Å². The third-order valence-electron chi connectivity index (χ3n) is 1.79. The lowest BCUT2D eigenvalue weighted by atomic mass is 10.0. The molecule has 0 aliphatic heterocycles. The largest absolute Gasteiger partial charge is 0.391 e. The van der Waals surface area contributed by atoms with Crippen molar-refractivity contribution in [3.05, 3.63) is 35.4 Å². The summed E-state index contributed by atoms with van der Waals surface area (Å²) in [6, 6.07) is 2.23. The van der Waals surface area contributed by atoms with Gasteiger partial charge in [0.25, 0.3) is 0 Å². The number of aliphatic hydroxyl groups is 1. The minimum Gasteiger partial charge on any atom is -0.391 e. The molecule has 0 saturated heterocycles. The molecule has 0 aliphatic carbocycles. The number of hydrogen-bond donors (Lipinski definition) is 2. The van der Waals surface area contributed by atoms with Gasteiger partial charge in [-0.25, -0.2) is 8.78 Å². The van der Waals surface area contributed by atoms with Crippen molar-refractivity contribution in [1.82, 2.24) is 0 Å². The van der Waals surface area contributed by atoms with Crippen LogP contribution in [0, 0.1) is 11.6 Å². The molecular weight excluding hydrogens is 176 g/mol.